The molecule has 0 spiro atoms. The van der Waals surface area contributed by atoms with Crippen molar-refractivity contribution in [3.63, 3.8) is 0 Å². The van der Waals surface area contributed by atoms with Gasteiger partial charge >= 0.3 is 5.97 Å². The zero-order valence-electron chi connectivity index (χ0n) is 17.3. The van der Waals surface area contributed by atoms with Crippen LogP contribution in [0.3, 0.4) is 0 Å². The van der Waals surface area contributed by atoms with Crippen LogP contribution >= 0.6 is 11.6 Å². The minimum atomic E-state index is -3.83. The van der Waals surface area contributed by atoms with Crippen LogP contribution in [0.4, 0.5) is 11.4 Å². The van der Waals surface area contributed by atoms with Crippen molar-refractivity contribution in [2.45, 2.75) is 24.8 Å². The monoisotopic (exact) mass is 472 g/mol. The molecule has 0 heterocycles. The Morgan fingerprint density at radius 3 is 2.19 bits per heavy atom. The maximum Gasteiger partial charge on any atom is 0.338 e. The van der Waals surface area contributed by atoms with Gasteiger partial charge in [0.05, 0.1) is 16.1 Å². The Bertz CT molecular complexity index is 1230. The molecule has 166 valence electrons. The van der Waals surface area contributed by atoms with E-state index in [1.165, 1.54) is 31.2 Å². The highest BCUT2D eigenvalue weighted by molar-refractivity contribution is 7.92. The molecule has 0 bridgehead atoms. The average Bonchev–Trinajstić information content (AvgIpc) is 2.77. The number of esters is 1. The van der Waals surface area contributed by atoms with Crippen LogP contribution in [0, 0.1) is 6.92 Å². The summed E-state index contributed by atoms with van der Waals surface area (Å²) in [7, 11) is -3.83. The summed E-state index contributed by atoms with van der Waals surface area (Å²) < 4.78 is 32.9. The van der Waals surface area contributed by atoms with Crippen molar-refractivity contribution in [2.75, 3.05) is 10.0 Å². The molecule has 3 rings (SSSR count). The van der Waals surface area contributed by atoms with E-state index in [0.29, 0.717) is 16.4 Å². The highest BCUT2D eigenvalue weighted by atomic mass is 35.5. The van der Waals surface area contributed by atoms with Gasteiger partial charge in [-0.25, -0.2) is 13.2 Å². The van der Waals surface area contributed by atoms with Gasteiger partial charge in [-0.1, -0.05) is 29.8 Å². The van der Waals surface area contributed by atoms with E-state index in [2.05, 4.69) is 10.0 Å². The van der Waals surface area contributed by atoms with Crippen LogP contribution in [-0.2, 0) is 19.6 Å². The Morgan fingerprint density at radius 2 is 1.56 bits per heavy atom. The van der Waals surface area contributed by atoms with E-state index in [9.17, 15) is 18.0 Å². The number of rotatable bonds is 7. The predicted octanol–water partition coefficient (Wildman–Crippen LogP) is 4.63. The molecule has 1 unspecified atom stereocenters. The fourth-order valence-electron chi connectivity index (χ4n) is 2.72. The smallest absolute Gasteiger partial charge is 0.338 e. The first-order valence-electron chi connectivity index (χ1n) is 9.61. The van der Waals surface area contributed by atoms with Crippen LogP contribution < -0.4 is 10.0 Å². The zero-order valence-corrected chi connectivity index (χ0v) is 18.9. The molecule has 32 heavy (non-hydrogen) atoms. The van der Waals surface area contributed by atoms with Crippen molar-refractivity contribution in [2.24, 2.45) is 0 Å². The zero-order chi connectivity index (χ0) is 23.3. The lowest BCUT2D eigenvalue weighted by atomic mass is 10.2. The molecule has 0 aliphatic rings. The molecule has 7 nitrogen and oxygen atoms in total. The summed E-state index contributed by atoms with van der Waals surface area (Å²) in [6.07, 6.45) is -1.07. The summed E-state index contributed by atoms with van der Waals surface area (Å²) in [5.74, 6) is -1.26. The van der Waals surface area contributed by atoms with Crippen LogP contribution in [-0.4, -0.2) is 26.4 Å². The van der Waals surface area contributed by atoms with Crippen molar-refractivity contribution >= 4 is 44.9 Å². The number of hydrogen-bond acceptors (Lipinski definition) is 5. The van der Waals surface area contributed by atoms with E-state index in [0.717, 1.165) is 5.56 Å². The molecule has 1 amide bonds. The molecular weight excluding hydrogens is 452 g/mol. The van der Waals surface area contributed by atoms with Gasteiger partial charge in [0.2, 0.25) is 0 Å². The largest absolute Gasteiger partial charge is 0.449 e. The first kappa shape index (κ1) is 23.3. The summed E-state index contributed by atoms with van der Waals surface area (Å²) in [4.78, 5) is 24.6. The molecule has 0 aliphatic heterocycles. The minimum Gasteiger partial charge on any atom is -0.449 e. The standard InChI is InChI=1S/C23H21ClN2O5S/c1-15-5-3-4-6-21(15)26-32(29,30)20-13-7-17(8-14-20)23(28)31-16(2)22(27)25-19-11-9-18(24)10-12-19/h3-14,16,26H,1-2H3,(H,25,27). The maximum absolute atomic E-state index is 12.6. The number of para-hydroxylation sites is 1. The van der Waals surface area contributed by atoms with Gasteiger partial charge in [0, 0.05) is 10.7 Å². The fraction of sp³-hybridized carbons (Fsp3) is 0.130. The molecule has 0 aliphatic carbocycles. The number of nitrogens with one attached hydrogen (secondary N) is 2. The van der Waals surface area contributed by atoms with E-state index < -0.39 is 28.0 Å². The number of benzene rings is 3. The highest BCUT2D eigenvalue weighted by Gasteiger charge is 2.20. The normalized spacial score (nSPS) is 12.0. The molecule has 0 saturated carbocycles. The van der Waals surface area contributed by atoms with Crippen molar-refractivity contribution in [3.8, 4) is 0 Å². The lowest BCUT2D eigenvalue weighted by Gasteiger charge is -2.14. The molecule has 0 radical (unpaired) electrons. The summed E-state index contributed by atoms with van der Waals surface area (Å²) in [6, 6.07) is 18.8. The lowest BCUT2D eigenvalue weighted by molar-refractivity contribution is -0.123. The molecule has 3 aromatic carbocycles. The van der Waals surface area contributed by atoms with Crippen molar-refractivity contribution < 1.29 is 22.7 Å². The number of carbonyl (C=O) groups excluding carboxylic acids is 2. The maximum atomic E-state index is 12.6. The third-order valence-corrected chi connectivity index (χ3v) is 6.19. The predicted molar refractivity (Wildman–Crippen MR) is 123 cm³/mol. The van der Waals surface area contributed by atoms with Crippen molar-refractivity contribution in [1.82, 2.24) is 0 Å². The number of anilines is 2. The molecule has 0 aromatic heterocycles. The molecule has 1 atom stereocenters. The van der Waals surface area contributed by atoms with Gasteiger partial charge in [0.1, 0.15) is 0 Å². The second-order valence-corrected chi connectivity index (χ2v) is 9.11. The van der Waals surface area contributed by atoms with Crippen LogP contribution in [0.2, 0.25) is 5.02 Å². The Labute approximate surface area is 191 Å². The Morgan fingerprint density at radius 1 is 0.938 bits per heavy atom. The van der Waals surface area contributed by atoms with E-state index in [1.54, 1.807) is 49.4 Å². The number of carbonyl (C=O) groups is 2. The summed E-state index contributed by atoms with van der Waals surface area (Å²) in [6.45, 7) is 3.23. The third-order valence-electron chi connectivity index (χ3n) is 4.55. The number of sulfonamides is 1. The van der Waals surface area contributed by atoms with Crippen LogP contribution in [0.5, 0.6) is 0 Å². The van der Waals surface area contributed by atoms with Gasteiger partial charge in [0.15, 0.2) is 6.10 Å². The average molecular weight is 473 g/mol. The first-order valence-corrected chi connectivity index (χ1v) is 11.5. The van der Waals surface area contributed by atoms with Gasteiger partial charge in [-0.15, -0.1) is 0 Å². The quantitative estimate of drug-likeness (QED) is 0.488. The van der Waals surface area contributed by atoms with Crippen LogP contribution in [0.15, 0.2) is 77.7 Å². The summed E-state index contributed by atoms with van der Waals surface area (Å²) in [5.41, 5.74) is 1.88. The number of amides is 1. The fourth-order valence-corrected chi connectivity index (χ4v) is 3.98. The Hall–Kier alpha value is -3.36. The van der Waals surface area contributed by atoms with Crippen molar-refractivity contribution in [1.29, 1.82) is 0 Å². The molecule has 0 fully saturated rings. The van der Waals surface area contributed by atoms with E-state index >= 15 is 0 Å². The number of halogens is 1. The summed E-state index contributed by atoms with van der Waals surface area (Å²) >= 11 is 5.81. The molecular formula is C23H21ClN2O5S. The Kier molecular flexibility index (Phi) is 7.17. The van der Waals surface area contributed by atoms with Gasteiger partial charge in [0.25, 0.3) is 15.9 Å². The van der Waals surface area contributed by atoms with Crippen LogP contribution in [0.1, 0.15) is 22.8 Å². The SMILES string of the molecule is Cc1ccccc1NS(=O)(=O)c1ccc(C(=O)OC(C)C(=O)Nc2ccc(Cl)cc2)cc1. The lowest BCUT2D eigenvalue weighted by Crippen LogP contribution is -2.30. The second-order valence-electron chi connectivity index (χ2n) is 6.99. The number of hydrogen-bond donors (Lipinski definition) is 2. The van der Waals surface area contributed by atoms with E-state index in [-0.39, 0.29) is 10.5 Å². The van der Waals surface area contributed by atoms with Crippen LogP contribution in [0.25, 0.3) is 0 Å². The van der Waals surface area contributed by atoms with E-state index in [4.69, 9.17) is 16.3 Å². The van der Waals surface area contributed by atoms with Gasteiger partial charge in [-0.2, -0.15) is 0 Å². The van der Waals surface area contributed by atoms with E-state index in [1.807, 2.05) is 6.07 Å². The first-order chi connectivity index (χ1) is 15.2. The summed E-state index contributed by atoms with van der Waals surface area (Å²) in [5, 5.41) is 3.15. The molecule has 0 saturated heterocycles. The minimum absolute atomic E-state index is 0.00849. The second kappa shape index (κ2) is 9.84. The molecule has 3 aromatic rings. The van der Waals surface area contributed by atoms with Gasteiger partial charge < -0.3 is 10.1 Å². The number of ether oxygens (including phenoxy) is 1. The number of aryl methyl sites for hydroxylation is 1. The third kappa shape index (κ3) is 5.87. The molecule has 9 heteroatoms. The molecule has 2 N–H and O–H groups in total. The van der Waals surface area contributed by atoms with Crippen molar-refractivity contribution in [3.05, 3.63) is 88.9 Å². The van der Waals surface area contributed by atoms with Gasteiger partial charge in [-0.3, -0.25) is 9.52 Å². The highest BCUT2D eigenvalue weighted by Crippen LogP contribution is 2.20. The van der Waals surface area contributed by atoms with Gasteiger partial charge in [-0.05, 0) is 74.0 Å². The topological polar surface area (TPSA) is 102 Å². The Balaban J connectivity index is 1.63.